The average Bonchev–Trinajstić information content (AvgIpc) is 2.57. The number of amides is 1. The molecule has 0 aromatic heterocycles. The number of carbonyl (C=O) groups excluding carboxylic acids is 1. The molecule has 0 bridgehead atoms. The smallest absolute Gasteiger partial charge is 0.251 e. The van der Waals surface area contributed by atoms with Crippen LogP contribution in [0.4, 0.5) is 13.2 Å². The summed E-state index contributed by atoms with van der Waals surface area (Å²) in [5, 5.41) is 11.8. The third kappa shape index (κ3) is 4.12. The molecular formula is C17H16F3NO3. The Morgan fingerprint density at radius 2 is 1.88 bits per heavy atom. The molecule has 128 valence electrons. The molecule has 0 heterocycles. The van der Waals surface area contributed by atoms with Gasteiger partial charge in [-0.25, -0.2) is 13.2 Å². The normalized spacial score (nSPS) is 12.0. The minimum absolute atomic E-state index is 0.0738. The Balaban J connectivity index is 2.21. The van der Waals surface area contributed by atoms with Gasteiger partial charge in [-0.15, -0.1) is 0 Å². The van der Waals surface area contributed by atoms with Gasteiger partial charge in [0.2, 0.25) is 0 Å². The number of hydrogen-bond donors (Lipinski definition) is 2. The second-order valence-electron chi connectivity index (χ2n) is 5.14. The van der Waals surface area contributed by atoms with E-state index in [4.69, 9.17) is 4.74 Å². The van der Waals surface area contributed by atoms with Crippen molar-refractivity contribution in [3.63, 3.8) is 0 Å². The molecule has 1 atom stereocenters. The summed E-state index contributed by atoms with van der Waals surface area (Å²) >= 11 is 0. The Kier molecular flexibility index (Phi) is 5.94. The van der Waals surface area contributed by atoms with Crippen LogP contribution in [0.5, 0.6) is 0 Å². The first-order chi connectivity index (χ1) is 11.5. The molecule has 0 aliphatic heterocycles. The number of aliphatic hydroxyl groups is 1. The fourth-order valence-corrected chi connectivity index (χ4v) is 2.22. The van der Waals surface area contributed by atoms with Gasteiger partial charge in [-0.2, -0.15) is 0 Å². The van der Waals surface area contributed by atoms with Crippen molar-refractivity contribution in [2.45, 2.75) is 12.6 Å². The number of ether oxygens (including phenoxy) is 1. The largest absolute Gasteiger partial charge is 0.394 e. The van der Waals surface area contributed by atoms with Gasteiger partial charge < -0.3 is 15.2 Å². The van der Waals surface area contributed by atoms with Crippen LogP contribution in [0, 0.1) is 17.5 Å². The standard InChI is InChI=1S/C17H16F3NO3/c1-24-9-10-3-2-4-11(5-10)17(23)21-15(8-22)12-6-13(18)16(20)14(19)7-12/h2-7,15,22H,8-9H2,1H3,(H,21,23). The Morgan fingerprint density at radius 3 is 2.46 bits per heavy atom. The van der Waals surface area contributed by atoms with Gasteiger partial charge in [0.05, 0.1) is 19.3 Å². The van der Waals surface area contributed by atoms with E-state index in [1.54, 1.807) is 24.3 Å². The van der Waals surface area contributed by atoms with Crippen molar-refractivity contribution in [3.8, 4) is 0 Å². The fourth-order valence-electron chi connectivity index (χ4n) is 2.22. The molecule has 0 aliphatic rings. The zero-order chi connectivity index (χ0) is 17.7. The van der Waals surface area contributed by atoms with Gasteiger partial charge in [0.1, 0.15) is 0 Å². The van der Waals surface area contributed by atoms with E-state index in [2.05, 4.69) is 5.32 Å². The van der Waals surface area contributed by atoms with Gasteiger partial charge in [-0.3, -0.25) is 4.79 Å². The molecule has 2 rings (SSSR count). The first-order valence-corrected chi connectivity index (χ1v) is 7.10. The summed E-state index contributed by atoms with van der Waals surface area (Å²) in [6.45, 7) is -0.285. The predicted molar refractivity (Wildman–Crippen MR) is 80.8 cm³/mol. The van der Waals surface area contributed by atoms with Crippen molar-refractivity contribution >= 4 is 5.91 Å². The van der Waals surface area contributed by atoms with Gasteiger partial charge in [0, 0.05) is 12.7 Å². The maximum absolute atomic E-state index is 13.3. The lowest BCUT2D eigenvalue weighted by atomic mass is 10.1. The second-order valence-corrected chi connectivity index (χ2v) is 5.14. The summed E-state index contributed by atoms with van der Waals surface area (Å²) < 4.78 is 44.6. The van der Waals surface area contributed by atoms with Crippen molar-refractivity contribution in [1.29, 1.82) is 0 Å². The van der Waals surface area contributed by atoms with Crippen molar-refractivity contribution in [2.24, 2.45) is 0 Å². The third-order valence-electron chi connectivity index (χ3n) is 3.40. The van der Waals surface area contributed by atoms with E-state index in [1.165, 1.54) is 7.11 Å². The molecule has 2 aromatic rings. The highest BCUT2D eigenvalue weighted by molar-refractivity contribution is 5.94. The van der Waals surface area contributed by atoms with E-state index in [0.717, 1.165) is 17.7 Å². The quantitative estimate of drug-likeness (QED) is 0.796. The van der Waals surface area contributed by atoms with Crippen LogP contribution in [0.15, 0.2) is 36.4 Å². The Labute approximate surface area is 136 Å². The first kappa shape index (κ1) is 18.0. The van der Waals surface area contributed by atoms with Gasteiger partial charge in [0.15, 0.2) is 17.5 Å². The summed E-state index contributed by atoms with van der Waals surface area (Å²) in [5.41, 5.74) is 0.992. The Hall–Kier alpha value is -2.38. The maximum Gasteiger partial charge on any atom is 0.251 e. The molecule has 0 radical (unpaired) electrons. The lowest BCUT2D eigenvalue weighted by Gasteiger charge is -2.17. The minimum atomic E-state index is -1.60. The zero-order valence-corrected chi connectivity index (χ0v) is 12.9. The van der Waals surface area contributed by atoms with E-state index in [-0.39, 0.29) is 5.56 Å². The predicted octanol–water partition coefficient (Wildman–Crippen LogP) is 2.71. The van der Waals surface area contributed by atoms with Gasteiger partial charge >= 0.3 is 0 Å². The van der Waals surface area contributed by atoms with E-state index in [0.29, 0.717) is 12.2 Å². The highest BCUT2D eigenvalue weighted by Crippen LogP contribution is 2.20. The van der Waals surface area contributed by atoms with Crippen molar-refractivity contribution in [3.05, 3.63) is 70.5 Å². The van der Waals surface area contributed by atoms with Crippen molar-refractivity contribution < 1.29 is 27.8 Å². The molecule has 0 spiro atoms. The summed E-state index contributed by atoms with van der Waals surface area (Å²) in [4.78, 5) is 12.3. The molecule has 1 amide bonds. The topological polar surface area (TPSA) is 58.6 Å². The van der Waals surface area contributed by atoms with Crippen LogP contribution in [0.25, 0.3) is 0 Å². The van der Waals surface area contributed by atoms with Crippen LogP contribution >= 0.6 is 0 Å². The number of nitrogens with one attached hydrogen (secondary N) is 1. The first-order valence-electron chi connectivity index (χ1n) is 7.10. The Morgan fingerprint density at radius 1 is 1.21 bits per heavy atom. The molecular weight excluding hydrogens is 323 g/mol. The summed E-state index contributed by atoms with van der Waals surface area (Å²) in [6.07, 6.45) is 0. The molecule has 0 aliphatic carbocycles. The number of benzene rings is 2. The number of rotatable bonds is 6. The number of carbonyl (C=O) groups is 1. The van der Waals surface area contributed by atoms with Crippen LogP contribution in [0.2, 0.25) is 0 Å². The molecule has 0 saturated carbocycles. The summed E-state index contributed by atoms with van der Waals surface area (Å²) in [6, 6.07) is 6.98. The van der Waals surface area contributed by atoms with E-state index in [1.807, 2.05) is 0 Å². The fraction of sp³-hybridized carbons (Fsp3) is 0.235. The lowest BCUT2D eigenvalue weighted by Crippen LogP contribution is -2.31. The van der Waals surface area contributed by atoms with Crippen molar-refractivity contribution in [1.82, 2.24) is 5.32 Å². The second kappa shape index (κ2) is 7.94. The monoisotopic (exact) mass is 339 g/mol. The van der Waals surface area contributed by atoms with Crippen LogP contribution in [0.1, 0.15) is 27.5 Å². The maximum atomic E-state index is 13.3. The lowest BCUT2D eigenvalue weighted by molar-refractivity contribution is 0.0915. The highest BCUT2D eigenvalue weighted by Gasteiger charge is 2.19. The zero-order valence-electron chi connectivity index (χ0n) is 12.9. The summed E-state index contributed by atoms with van der Waals surface area (Å²) in [7, 11) is 1.52. The van der Waals surface area contributed by atoms with E-state index < -0.39 is 36.0 Å². The molecule has 7 heteroatoms. The number of halogens is 3. The van der Waals surface area contributed by atoms with Crippen LogP contribution < -0.4 is 5.32 Å². The molecule has 0 saturated heterocycles. The minimum Gasteiger partial charge on any atom is -0.394 e. The van der Waals surface area contributed by atoms with Crippen LogP contribution in [-0.2, 0) is 11.3 Å². The Bertz CT molecular complexity index is 714. The van der Waals surface area contributed by atoms with Crippen LogP contribution in [-0.4, -0.2) is 24.7 Å². The number of methoxy groups -OCH3 is 1. The van der Waals surface area contributed by atoms with Gasteiger partial charge in [-0.1, -0.05) is 12.1 Å². The van der Waals surface area contributed by atoms with Gasteiger partial charge in [-0.05, 0) is 35.4 Å². The molecule has 2 N–H and O–H groups in total. The number of hydrogen-bond acceptors (Lipinski definition) is 3. The molecule has 2 aromatic carbocycles. The number of aliphatic hydroxyl groups excluding tert-OH is 1. The van der Waals surface area contributed by atoms with Gasteiger partial charge in [0.25, 0.3) is 5.91 Å². The van der Waals surface area contributed by atoms with Crippen molar-refractivity contribution in [2.75, 3.05) is 13.7 Å². The summed E-state index contributed by atoms with van der Waals surface area (Å²) in [5.74, 6) is -4.93. The molecule has 24 heavy (non-hydrogen) atoms. The third-order valence-corrected chi connectivity index (χ3v) is 3.40. The molecule has 0 fully saturated rings. The highest BCUT2D eigenvalue weighted by atomic mass is 19.2. The van der Waals surface area contributed by atoms with E-state index in [9.17, 15) is 23.1 Å². The van der Waals surface area contributed by atoms with Crippen LogP contribution in [0.3, 0.4) is 0 Å². The van der Waals surface area contributed by atoms with E-state index >= 15 is 0 Å². The molecule has 1 unspecified atom stereocenters. The SMILES string of the molecule is COCc1cccc(C(=O)NC(CO)c2cc(F)c(F)c(F)c2)c1. The molecule has 4 nitrogen and oxygen atoms in total. The average molecular weight is 339 g/mol.